The van der Waals surface area contributed by atoms with Crippen molar-refractivity contribution in [1.82, 2.24) is 13.7 Å². The summed E-state index contributed by atoms with van der Waals surface area (Å²) in [5.41, 5.74) is 7.82. The third-order valence-electron chi connectivity index (χ3n) is 9.11. The summed E-state index contributed by atoms with van der Waals surface area (Å²) in [6.07, 6.45) is 0. The molecule has 45 heavy (non-hydrogen) atoms. The fraction of sp³-hybridized carbons (Fsp3) is 0. The normalized spacial score (nSPS) is 13.6. The minimum atomic E-state index is -0.411. The van der Waals surface area contributed by atoms with Gasteiger partial charge in [0, 0.05) is 49.4 Å². The first-order valence-electron chi connectivity index (χ1n) is 17.6. The van der Waals surface area contributed by atoms with Crippen LogP contribution in [-0.2, 0) is 0 Å². The van der Waals surface area contributed by atoms with E-state index >= 15 is 0 Å². The molecule has 0 aliphatic heterocycles. The molecule has 0 bridgehead atoms. The van der Waals surface area contributed by atoms with Crippen molar-refractivity contribution in [2.75, 3.05) is 0 Å². The molecule has 10 rings (SSSR count). The standard InChI is InChI=1S/C42H27N3/c1-3-13-28(14-4-1)44-39-22-12-9-19-33(39)34-24-25-35-36-27-30(43-37-20-10-7-17-31(37)32-18-8-11-21-38(32)43)23-26-40(36)45(42(35)41(34)44)29-15-5-2-6-16-29/h1-27H/i1D,3D,4D,13D,14D. The van der Waals surface area contributed by atoms with E-state index in [1.165, 1.54) is 10.8 Å². The summed E-state index contributed by atoms with van der Waals surface area (Å²) >= 11 is 0. The van der Waals surface area contributed by atoms with Crippen LogP contribution in [0.2, 0.25) is 0 Å². The van der Waals surface area contributed by atoms with E-state index in [2.05, 4.69) is 100 Å². The van der Waals surface area contributed by atoms with Crippen molar-refractivity contribution in [1.29, 1.82) is 0 Å². The highest BCUT2D eigenvalue weighted by Crippen LogP contribution is 2.42. The molecule has 0 N–H and O–H groups in total. The molecule has 210 valence electrons. The SMILES string of the molecule is [2H]c1c([2H])c([2H])c(-n2c3ccccc3c3ccc4c5cc(-n6c7ccccc7c7ccccc76)ccc5n(-c5ccccc5)c4c32)c([2H])c1[2H]. The van der Waals surface area contributed by atoms with E-state index < -0.39 is 6.04 Å². The van der Waals surface area contributed by atoms with Crippen LogP contribution in [0.4, 0.5) is 0 Å². The first kappa shape index (κ1) is 20.0. The minimum absolute atomic E-state index is 0.130. The van der Waals surface area contributed by atoms with Crippen LogP contribution >= 0.6 is 0 Å². The summed E-state index contributed by atoms with van der Waals surface area (Å²) in [5.74, 6) is 0. The molecular weight excluding hydrogens is 546 g/mol. The number of fused-ring (bicyclic) bond motifs is 10. The molecule has 0 amide bonds. The molecule has 0 atom stereocenters. The smallest absolute Gasteiger partial charge is 0.0788 e. The van der Waals surface area contributed by atoms with Gasteiger partial charge in [0.25, 0.3) is 0 Å². The van der Waals surface area contributed by atoms with Crippen molar-refractivity contribution in [2.45, 2.75) is 0 Å². The molecule has 0 saturated heterocycles. The Hall–Kier alpha value is -6.06. The topological polar surface area (TPSA) is 14.8 Å². The number of aromatic nitrogens is 3. The fourth-order valence-electron chi connectivity index (χ4n) is 7.31. The van der Waals surface area contributed by atoms with E-state index in [1.807, 2.05) is 47.0 Å². The summed E-state index contributed by atoms with van der Waals surface area (Å²) in [5, 5.41) is 6.30. The largest absolute Gasteiger partial charge is 0.309 e. The maximum absolute atomic E-state index is 9.03. The second kappa shape index (κ2) is 9.22. The lowest BCUT2D eigenvalue weighted by atomic mass is 10.1. The van der Waals surface area contributed by atoms with Crippen LogP contribution in [0.15, 0.2) is 164 Å². The van der Waals surface area contributed by atoms with Gasteiger partial charge in [0.2, 0.25) is 0 Å². The van der Waals surface area contributed by atoms with Gasteiger partial charge in [-0.15, -0.1) is 0 Å². The third kappa shape index (κ3) is 3.35. The van der Waals surface area contributed by atoms with Crippen molar-refractivity contribution >= 4 is 65.4 Å². The molecule has 0 fully saturated rings. The van der Waals surface area contributed by atoms with Crippen molar-refractivity contribution in [2.24, 2.45) is 0 Å². The zero-order valence-corrected chi connectivity index (χ0v) is 24.0. The number of nitrogens with zero attached hydrogens (tertiary/aromatic N) is 3. The first-order chi connectivity index (χ1) is 24.4. The highest BCUT2D eigenvalue weighted by molar-refractivity contribution is 6.24. The Kier molecular flexibility index (Phi) is 4.10. The van der Waals surface area contributed by atoms with Crippen LogP contribution in [-0.4, -0.2) is 13.7 Å². The van der Waals surface area contributed by atoms with Gasteiger partial charge >= 0.3 is 0 Å². The van der Waals surface area contributed by atoms with E-state index in [9.17, 15) is 0 Å². The van der Waals surface area contributed by atoms with Crippen LogP contribution in [0.5, 0.6) is 0 Å². The lowest BCUT2D eigenvalue weighted by molar-refractivity contribution is 1.15. The summed E-state index contributed by atoms with van der Waals surface area (Å²) in [6.45, 7) is 0. The van der Waals surface area contributed by atoms with Gasteiger partial charge in [0.1, 0.15) is 0 Å². The second-order valence-corrected chi connectivity index (χ2v) is 11.4. The first-order valence-corrected chi connectivity index (χ1v) is 15.1. The van der Waals surface area contributed by atoms with Gasteiger partial charge in [-0.3, -0.25) is 0 Å². The lowest BCUT2D eigenvalue weighted by Gasteiger charge is -2.12. The molecule has 0 aliphatic carbocycles. The molecule has 0 unspecified atom stereocenters. The van der Waals surface area contributed by atoms with Gasteiger partial charge in [0.15, 0.2) is 0 Å². The third-order valence-corrected chi connectivity index (χ3v) is 9.11. The van der Waals surface area contributed by atoms with Gasteiger partial charge in [-0.2, -0.15) is 0 Å². The summed E-state index contributed by atoms with van der Waals surface area (Å²) in [7, 11) is 0. The fourth-order valence-corrected chi connectivity index (χ4v) is 7.31. The Labute approximate surface area is 266 Å². The van der Waals surface area contributed by atoms with Crippen LogP contribution in [0.3, 0.4) is 0 Å². The number of hydrogen-bond acceptors (Lipinski definition) is 0. The molecular formula is C42H27N3. The highest BCUT2D eigenvalue weighted by Gasteiger charge is 2.22. The van der Waals surface area contributed by atoms with E-state index in [0.29, 0.717) is 0 Å². The predicted molar refractivity (Wildman–Crippen MR) is 189 cm³/mol. The van der Waals surface area contributed by atoms with Crippen molar-refractivity contribution in [3.8, 4) is 17.1 Å². The molecule has 3 heteroatoms. The van der Waals surface area contributed by atoms with Crippen molar-refractivity contribution in [3.05, 3.63) is 164 Å². The Balaban J connectivity index is 1.41. The van der Waals surface area contributed by atoms with Gasteiger partial charge in [-0.25, -0.2) is 0 Å². The molecule has 3 aromatic heterocycles. The second-order valence-electron chi connectivity index (χ2n) is 11.4. The average molecular weight is 579 g/mol. The Morgan fingerprint density at radius 1 is 0.333 bits per heavy atom. The van der Waals surface area contributed by atoms with E-state index in [-0.39, 0.29) is 29.9 Å². The highest BCUT2D eigenvalue weighted by atomic mass is 15.0. The molecule has 3 heterocycles. The molecule has 0 aliphatic rings. The predicted octanol–water partition coefficient (Wildman–Crippen LogP) is 11.0. The van der Waals surface area contributed by atoms with Crippen molar-refractivity contribution in [3.63, 3.8) is 0 Å². The van der Waals surface area contributed by atoms with Crippen LogP contribution in [0.25, 0.3) is 82.5 Å². The minimum Gasteiger partial charge on any atom is -0.309 e. The lowest BCUT2D eigenvalue weighted by Crippen LogP contribution is -1.98. The summed E-state index contributed by atoms with van der Waals surface area (Å²) < 4.78 is 49.9. The summed E-state index contributed by atoms with van der Waals surface area (Å²) in [4.78, 5) is 0. The van der Waals surface area contributed by atoms with Gasteiger partial charge < -0.3 is 13.7 Å². The Morgan fingerprint density at radius 2 is 0.822 bits per heavy atom. The molecule has 10 aromatic rings. The van der Waals surface area contributed by atoms with Gasteiger partial charge in [0.05, 0.1) is 40.0 Å². The number of para-hydroxylation sites is 5. The molecule has 3 nitrogen and oxygen atoms in total. The molecule has 0 spiro atoms. The van der Waals surface area contributed by atoms with E-state index in [1.54, 1.807) is 0 Å². The molecule has 0 radical (unpaired) electrons. The average Bonchev–Trinajstić information content (AvgIpc) is 3.79. The molecule has 7 aromatic carbocycles. The van der Waals surface area contributed by atoms with Crippen LogP contribution < -0.4 is 0 Å². The monoisotopic (exact) mass is 578 g/mol. The maximum atomic E-state index is 9.03. The van der Waals surface area contributed by atoms with E-state index in [0.717, 1.165) is 66.0 Å². The number of hydrogen-bond donors (Lipinski definition) is 0. The van der Waals surface area contributed by atoms with Crippen molar-refractivity contribution < 1.29 is 6.85 Å². The maximum Gasteiger partial charge on any atom is 0.0788 e. The van der Waals surface area contributed by atoms with E-state index in [4.69, 9.17) is 6.85 Å². The van der Waals surface area contributed by atoms with Crippen LogP contribution in [0, 0.1) is 0 Å². The summed E-state index contributed by atoms with van der Waals surface area (Å²) in [6, 6.07) is 44.3. The zero-order chi connectivity index (χ0) is 33.8. The van der Waals surface area contributed by atoms with Crippen LogP contribution in [0.1, 0.15) is 6.85 Å². The van der Waals surface area contributed by atoms with Gasteiger partial charge in [-0.05, 0) is 60.6 Å². The Morgan fingerprint density at radius 3 is 1.47 bits per heavy atom. The Bertz CT molecular complexity index is 2960. The zero-order valence-electron chi connectivity index (χ0n) is 29.0. The number of benzene rings is 7. The molecule has 0 saturated carbocycles. The quantitative estimate of drug-likeness (QED) is 0.198. The number of rotatable bonds is 3. The van der Waals surface area contributed by atoms with Gasteiger partial charge in [-0.1, -0.05) is 103 Å².